The standard InChI is InChI=1S/C12H22N4O2S/c1-9-12(10(2)15-14-9)8-13-11-4-6-16(7-5-11)19(3,17)18/h11,13H,4-8H2,1-3H3,(H,14,15). The van der Waals surface area contributed by atoms with E-state index in [2.05, 4.69) is 15.5 Å². The molecule has 0 atom stereocenters. The summed E-state index contributed by atoms with van der Waals surface area (Å²) in [6, 6.07) is 0.381. The number of piperidine rings is 1. The molecule has 19 heavy (non-hydrogen) atoms. The summed E-state index contributed by atoms with van der Waals surface area (Å²) in [7, 11) is -3.03. The Hall–Kier alpha value is -0.920. The van der Waals surface area contributed by atoms with Gasteiger partial charge in [0.2, 0.25) is 10.0 Å². The SMILES string of the molecule is Cc1n[nH]c(C)c1CNC1CCN(S(C)(=O)=O)CC1. The lowest BCUT2D eigenvalue weighted by Gasteiger charge is -2.30. The van der Waals surface area contributed by atoms with Gasteiger partial charge in [0.25, 0.3) is 0 Å². The molecule has 1 fully saturated rings. The van der Waals surface area contributed by atoms with Crippen LogP contribution < -0.4 is 5.32 Å². The molecular weight excluding hydrogens is 264 g/mol. The number of aromatic nitrogens is 2. The molecule has 0 aromatic carbocycles. The highest BCUT2D eigenvalue weighted by molar-refractivity contribution is 7.88. The van der Waals surface area contributed by atoms with E-state index in [9.17, 15) is 8.42 Å². The number of H-pyrrole nitrogens is 1. The van der Waals surface area contributed by atoms with Crippen LogP contribution in [0.3, 0.4) is 0 Å². The molecule has 0 saturated carbocycles. The Morgan fingerprint density at radius 1 is 1.37 bits per heavy atom. The summed E-state index contributed by atoms with van der Waals surface area (Å²) in [5, 5.41) is 10.6. The molecule has 0 aliphatic carbocycles. The summed E-state index contributed by atoms with van der Waals surface area (Å²) in [5.41, 5.74) is 3.34. The molecule has 2 rings (SSSR count). The highest BCUT2D eigenvalue weighted by atomic mass is 32.2. The van der Waals surface area contributed by atoms with Crippen molar-refractivity contribution in [1.29, 1.82) is 0 Å². The van der Waals surface area contributed by atoms with Crippen LogP contribution in [0.5, 0.6) is 0 Å². The molecule has 0 radical (unpaired) electrons. The lowest BCUT2D eigenvalue weighted by molar-refractivity contribution is 0.290. The summed E-state index contributed by atoms with van der Waals surface area (Å²) in [6.07, 6.45) is 3.00. The number of aromatic amines is 1. The third-order valence-electron chi connectivity index (χ3n) is 3.77. The smallest absolute Gasteiger partial charge is 0.211 e. The van der Waals surface area contributed by atoms with E-state index < -0.39 is 10.0 Å². The number of hydrogen-bond acceptors (Lipinski definition) is 4. The number of nitrogens with zero attached hydrogens (tertiary/aromatic N) is 2. The highest BCUT2D eigenvalue weighted by Gasteiger charge is 2.24. The van der Waals surface area contributed by atoms with E-state index in [0.717, 1.165) is 30.8 Å². The Labute approximate surface area is 114 Å². The first-order valence-electron chi connectivity index (χ1n) is 6.57. The fourth-order valence-electron chi connectivity index (χ4n) is 2.47. The molecule has 1 aliphatic heterocycles. The van der Waals surface area contributed by atoms with Gasteiger partial charge in [0.05, 0.1) is 11.9 Å². The minimum atomic E-state index is -3.03. The van der Waals surface area contributed by atoms with E-state index in [1.807, 2.05) is 13.8 Å². The molecule has 1 aromatic heterocycles. The van der Waals surface area contributed by atoms with Gasteiger partial charge in [-0.15, -0.1) is 0 Å². The fourth-order valence-corrected chi connectivity index (χ4v) is 3.35. The molecule has 0 bridgehead atoms. The maximum atomic E-state index is 11.4. The molecule has 0 spiro atoms. The minimum Gasteiger partial charge on any atom is -0.310 e. The van der Waals surface area contributed by atoms with Crippen LogP contribution >= 0.6 is 0 Å². The van der Waals surface area contributed by atoms with Gasteiger partial charge < -0.3 is 5.32 Å². The van der Waals surface area contributed by atoms with Crippen molar-refractivity contribution in [1.82, 2.24) is 19.8 Å². The average molecular weight is 286 g/mol. The third kappa shape index (κ3) is 3.55. The highest BCUT2D eigenvalue weighted by Crippen LogP contribution is 2.15. The van der Waals surface area contributed by atoms with E-state index >= 15 is 0 Å². The van der Waals surface area contributed by atoms with E-state index in [4.69, 9.17) is 0 Å². The molecule has 6 nitrogen and oxygen atoms in total. The lowest BCUT2D eigenvalue weighted by Crippen LogP contribution is -2.44. The van der Waals surface area contributed by atoms with E-state index in [-0.39, 0.29) is 0 Å². The molecular formula is C12H22N4O2S. The fraction of sp³-hybridized carbons (Fsp3) is 0.750. The van der Waals surface area contributed by atoms with Crippen molar-refractivity contribution in [3.63, 3.8) is 0 Å². The van der Waals surface area contributed by atoms with Crippen LogP contribution in [0.4, 0.5) is 0 Å². The summed E-state index contributed by atoms with van der Waals surface area (Å²) in [5.74, 6) is 0. The monoisotopic (exact) mass is 286 g/mol. The van der Waals surface area contributed by atoms with Gasteiger partial charge in [0, 0.05) is 36.9 Å². The van der Waals surface area contributed by atoms with Crippen molar-refractivity contribution in [2.24, 2.45) is 0 Å². The van der Waals surface area contributed by atoms with E-state index in [1.165, 1.54) is 11.8 Å². The first-order valence-corrected chi connectivity index (χ1v) is 8.41. The summed E-state index contributed by atoms with van der Waals surface area (Å²) >= 11 is 0. The van der Waals surface area contributed by atoms with E-state index in [1.54, 1.807) is 4.31 Å². The largest absolute Gasteiger partial charge is 0.310 e. The topological polar surface area (TPSA) is 78.1 Å². The zero-order valence-corrected chi connectivity index (χ0v) is 12.5. The minimum absolute atomic E-state index is 0.381. The Morgan fingerprint density at radius 3 is 2.47 bits per heavy atom. The molecule has 1 aliphatic rings. The Morgan fingerprint density at radius 2 is 2.00 bits per heavy atom. The molecule has 108 valence electrons. The molecule has 0 amide bonds. The van der Waals surface area contributed by atoms with Crippen molar-refractivity contribution < 1.29 is 8.42 Å². The third-order valence-corrected chi connectivity index (χ3v) is 5.07. The summed E-state index contributed by atoms with van der Waals surface area (Å²) < 4.78 is 24.4. The summed E-state index contributed by atoms with van der Waals surface area (Å²) in [6.45, 7) is 6.02. The van der Waals surface area contributed by atoms with Gasteiger partial charge in [0.15, 0.2) is 0 Å². The van der Waals surface area contributed by atoms with Crippen LogP contribution in [-0.4, -0.2) is 48.3 Å². The molecule has 0 unspecified atom stereocenters. The van der Waals surface area contributed by atoms with Crippen LogP contribution in [0.15, 0.2) is 0 Å². The number of sulfonamides is 1. The van der Waals surface area contributed by atoms with Gasteiger partial charge in [0.1, 0.15) is 0 Å². The zero-order valence-electron chi connectivity index (χ0n) is 11.7. The predicted octanol–water partition coefficient (Wildman–Crippen LogP) is 0.540. The maximum Gasteiger partial charge on any atom is 0.211 e. The van der Waals surface area contributed by atoms with Crippen molar-refractivity contribution >= 4 is 10.0 Å². The second-order valence-electron chi connectivity index (χ2n) is 5.23. The van der Waals surface area contributed by atoms with Gasteiger partial charge in [-0.2, -0.15) is 5.10 Å². The number of aryl methyl sites for hydroxylation is 2. The Bertz CT molecular complexity index is 510. The second kappa shape index (κ2) is 5.60. The normalized spacial score (nSPS) is 18.9. The number of rotatable bonds is 4. The van der Waals surface area contributed by atoms with Crippen molar-refractivity contribution in [3.8, 4) is 0 Å². The van der Waals surface area contributed by atoms with Crippen LogP contribution in [0.1, 0.15) is 29.8 Å². The van der Waals surface area contributed by atoms with Gasteiger partial charge in [-0.05, 0) is 26.7 Å². The van der Waals surface area contributed by atoms with Crippen molar-refractivity contribution in [2.75, 3.05) is 19.3 Å². The molecule has 7 heteroatoms. The second-order valence-corrected chi connectivity index (χ2v) is 7.21. The molecule has 2 heterocycles. The first-order chi connectivity index (χ1) is 8.88. The van der Waals surface area contributed by atoms with Crippen LogP contribution in [0, 0.1) is 13.8 Å². The number of nitrogens with one attached hydrogen (secondary N) is 2. The van der Waals surface area contributed by atoms with Crippen LogP contribution in [0.25, 0.3) is 0 Å². The average Bonchev–Trinajstić information content (AvgIpc) is 2.66. The zero-order chi connectivity index (χ0) is 14.0. The van der Waals surface area contributed by atoms with E-state index in [0.29, 0.717) is 19.1 Å². The Kier molecular flexibility index (Phi) is 4.27. The van der Waals surface area contributed by atoms with Crippen LogP contribution in [-0.2, 0) is 16.6 Å². The van der Waals surface area contributed by atoms with Crippen molar-refractivity contribution in [2.45, 2.75) is 39.3 Å². The van der Waals surface area contributed by atoms with Crippen LogP contribution in [0.2, 0.25) is 0 Å². The van der Waals surface area contributed by atoms with Gasteiger partial charge in [-0.3, -0.25) is 5.10 Å². The number of hydrogen-bond donors (Lipinski definition) is 2. The van der Waals surface area contributed by atoms with Gasteiger partial charge >= 0.3 is 0 Å². The van der Waals surface area contributed by atoms with Crippen molar-refractivity contribution in [3.05, 3.63) is 17.0 Å². The lowest BCUT2D eigenvalue weighted by atomic mass is 10.1. The quantitative estimate of drug-likeness (QED) is 0.847. The predicted molar refractivity (Wildman–Crippen MR) is 74.3 cm³/mol. The molecule has 1 aromatic rings. The molecule has 1 saturated heterocycles. The first kappa shape index (κ1) is 14.5. The Balaban J connectivity index is 1.84. The van der Waals surface area contributed by atoms with Gasteiger partial charge in [-0.1, -0.05) is 0 Å². The summed E-state index contributed by atoms with van der Waals surface area (Å²) in [4.78, 5) is 0. The van der Waals surface area contributed by atoms with Gasteiger partial charge in [-0.25, -0.2) is 12.7 Å². The molecule has 2 N–H and O–H groups in total. The maximum absolute atomic E-state index is 11.4.